The van der Waals surface area contributed by atoms with Crippen molar-refractivity contribution >= 4 is 243 Å². The van der Waals surface area contributed by atoms with Crippen LogP contribution in [0.2, 0.25) is 0 Å². The molecule has 0 amide bonds. The van der Waals surface area contributed by atoms with Crippen LogP contribution >= 0.6 is 39.8 Å². The molecule has 27 rings (SSSR count). The summed E-state index contributed by atoms with van der Waals surface area (Å²) in [4.78, 5) is 22.2. The zero-order chi connectivity index (χ0) is 91.7. The summed E-state index contributed by atoms with van der Waals surface area (Å²) in [6.45, 7) is 8.27. The molecular formula is C120H86BBr2N2O10P. The number of benzene rings is 21. The fourth-order valence-corrected chi connectivity index (χ4v) is 22.3. The highest BCUT2D eigenvalue weighted by Gasteiger charge is 2.52. The average Bonchev–Trinajstić information content (AvgIpc) is 1.56. The number of hydrogen-bond donors (Lipinski definition) is 0. The minimum atomic E-state index is -0.446. The molecular weight excluding hydrogens is 1830 g/mol. The molecule has 658 valence electrons. The van der Waals surface area contributed by atoms with E-state index in [-0.39, 0.29) is 39.9 Å². The van der Waals surface area contributed by atoms with Crippen LogP contribution in [0.25, 0.3) is 185 Å². The second kappa shape index (κ2) is 36.3. The lowest BCUT2D eigenvalue weighted by Gasteiger charge is -2.32. The Balaban J connectivity index is 0.0000000991. The maximum absolute atomic E-state index is 12.1. The monoisotopic (exact) mass is 1910 g/mol. The van der Waals surface area contributed by atoms with Gasteiger partial charge in [0.05, 0.1) is 46.3 Å². The molecule has 0 spiro atoms. The second-order valence-electron chi connectivity index (χ2n) is 34.9. The van der Waals surface area contributed by atoms with E-state index in [0.29, 0.717) is 26.4 Å². The lowest BCUT2D eigenvalue weighted by Crippen LogP contribution is -2.41. The van der Waals surface area contributed by atoms with Crippen molar-refractivity contribution in [3.8, 4) is 22.3 Å². The summed E-state index contributed by atoms with van der Waals surface area (Å²) in [6, 6.07) is 141. The first-order valence-electron chi connectivity index (χ1n) is 44.8. The first-order chi connectivity index (χ1) is 65.9. The van der Waals surface area contributed by atoms with Gasteiger partial charge in [0, 0.05) is 59.7 Å². The summed E-state index contributed by atoms with van der Waals surface area (Å²) < 4.78 is 39.0. The maximum atomic E-state index is 12.1. The van der Waals surface area contributed by atoms with Crippen molar-refractivity contribution in [3.05, 3.63) is 453 Å². The zero-order valence-corrected chi connectivity index (χ0v) is 77.8. The van der Waals surface area contributed by atoms with Crippen LogP contribution in [-0.4, -0.2) is 28.2 Å². The Morgan fingerprint density at radius 2 is 0.625 bits per heavy atom. The minimum Gasteiger partial charge on any atom is -0.456 e. The molecule has 16 heteroatoms. The van der Waals surface area contributed by atoms with Gasteiger partial charge in [-0.15, -0.1) is 0 Å². The number of rotatable bonds is 7. The van der Waals surface area contributed by atoms with Gasteiger partial charge in [0.2, 0.25) is 0 Å². The molecule has 1 fully saturated rings. The summed E-state index contributed by atoms with van der Waals surface area (Å²) in [5, 5.41) is 51.2. The highest BCUT2D eigenvalue weighted by molar-refractivity contribution is 9.11. The van der Waals surface area contributed by atoms with Gasteiger partial charge < -0.3 is 27.0 Å². The molecule has 0 atom stereocenters. The van der Waals surface area contributed by atoms with Crippen molar-refractivity contribution < 1.29 is 36.8 Å². The van der Waals surface area contributed by atoms with Crippen molar-refractivity contribution in [1.29, 1.82) is 0 Å². The lowest BCUT2D eigenvalue weighted by molar-refractivity contribution is -0.383. The predicted octanol–water partition coefficient (Wildman–Crippen LogP) is 33.1. The van der Waals surface area contributed by atoms with E-state index in [1.807, 2.05) is 121 Å². The van der Waals surface area contributed by atoms with E-state index in [1.165, 1.54) is 97.4 Å². The number of nitrogens with zero attached hydrogens (tertiary/aromatic N) is 2. The number of para-hydroxylation sites is 3. The molecule has 0 bridgehead atoms. The van der Waals surface area contributed by atoms with Crippen LogP contribution in [0.15, 0.2) is 439 Å². The molecule has 0 radical (unpaired) electrons. The van der Waals surface area contributed by atoms with Gasteiger partial charge in [0.25, 0.3) is 11.4 Å². The molecule has 0 saturated carbocycles. The summed E-state index contributed by atoms with van der Waals surface area (Å²) in [6.07, 6.45) is 0.973. The van der Waals surface area contributed by atoms with Gasteiger partial charge in [0.1, 0.15) is 44.7 Å². The van der Waals surface area contributed by atoms with E-state index in [2.05, 4.69) is 326 Å². The van der Waals surface area contributed by atoms with Crippen LogP contribution in [-0.2, 0) is 15.7 Å². The van der Waals surface area contributed by atoms with Gasteiger partial charge in [-0.25, -0.2) is 0 Å². The van der Waals surface area contributed by atoms with Crippen LogP contribution in [0.5, 0.6) is 0 Å². The first-order valence-corrected chi connectivity index (χ1v) is 47.7. The number of hydrogen-bond acceptors (Lipinski definition) is 10. The predicted molar refractivity (Wildman–Crippen MR) is 574 cm³/mol. The third-order valence-electron chi connectivity index (χ3n) is 26.3. The maximum Gasteiger partial charge on any atom is 0.498 e. The van der Waals surface area contributed by atoms with Gasteiger partial charge in [-0.3, -0.25) is 20.2 Å². The molecule has 5 heterocycles. The van der Waals surface area contributed by atoms with Crippen LogP contribution in [0.4, 0.5) is 11.4 Å². The molecule has 25 aromatic rings. The Morgan fingerprint density at radius 3 is 1.09 bits per heavy atom. The van der Waals surface area contributed by atoms with Gasteiger partial charge >= 0.3 is 7.12 Å². The van der Waals surface area contributed by atoms with Crippen molar-refractivity contribution in [1.82, 2.24) is 0 Å². The molecule has 12 nitrogen and oxygen atoms in total. The number of furan rings is 4. The average molecular weight is 1920 g/mol. The fraction of sp³-hybridized carbons (Fsp3) is 0.0667. The molecule has 1 aliphatic carbocycles. The molecule has 1 aliphatic heterocycles. The van der Waals surface area contributed by atoms with Crippen molar-refractivity contribution in [2.24, 2.45) is 0 Å². The van der Waals surface area contributed by atoms with Crippen molar-refractivity contribution in [2.75, 3.05) is 0 Å². The Labute approximate surface area is 801 Å². The van der Waals surface area contributed by atoms with Gasteiger partial charge in [-0.1, -0.05) is 341 Å². The highest BCUT2D eigenvalue weighted by atomic mass is 79.9. The summed E-state index contributed by atoms with van der Waals surface area (Å²) in [7, 11) is -0.878. The van der Waals surface area contributed by atoms with E-state index in [0.717, 1.165) is 109 Å². The zero-order valence-electron chi connectivity index (χ0n) is 73.7. The van der Waals surface area contributed by atoms with E-state index < -0.39 is 15.0 Å². The van der Waals surface area contributed by atoms with E-state index >= 15 is 0 Å². The Bertz CT molecular complexity index is 8900. The minimum absolute atomic E-state index is 0. The van der Waals surface area contributed by atoms with Crippen LogP contribution < -0.4 is 21.4 Å². The lowest BCUT2D eigenvalue weighted by atomic mass is 9.78. The number of nitro groups is 2. The van der Waals surface area contributed by atoms with Crippen LogP contribution in [0.1, 0.15) is 46.2 Å². The van der Waals surface area contributed by atoms with Crippen LogP contribution in [0.3, 0.4) is 0 Å². The number of fused-ring (bicyclic) bond motifs is 24. The van der Waals surface area contributed by atoms with Crippen LogP contribution in [0, 0.1) is 20.2 Å². The standard InChI is InChI=1S/C27H16O.C26H15NO3.C22H21BO3.C18H15P.C16H9BrO.C10H6BrNO2.CH4/c1-2-7-18-15-25-24(13-17(18)6-1)22-12-10-19-14-23-20-8-4-3-5-16(20)9-11-21(23)26(19)27(22)28-25;28-27(29)25-19-9-4-3-6-16(19)12-13-20(25)21-10-5-11-22-23-14-17-7-1-2-8-18(17)15-24(23)30-26(21)22;1-21(2)22(3,4)26-23(25-21)18-11-7-10-16-17-12-14-8-5-6-9-15(14)13-19(17)24-20(16)18;1-4-10-16(11-5-1)19(17-12-6-2-7-13-17)18-14-8-3-9-15-18;17-14-7-3-6-12-13-8-10-4-1-2-5-11(10)9-15(13)18-16(12)14;11-9-6-5-7-3-1-2-4-8(7)10(9)12(13)14;/h1-13,15H,14H2;1-15H;5-13H,1-4H3;1-15H;1-9H;1-6H;1H4. The Hall–Kier alpha value is -15.2. The largest absolute Gasteiger partial charge is 0.498 e. The molecule has 4 aromatic heterocycles. The van der Waals surface area contributed by atoms with Gasteiger partial charge in [-0.2, -0.15) is 0 Å². The summed E-state index contributed by atoms with van der Waals surface area (Å²) in [5.41, 5.74) is 14.1. The molecule has 21 aromatic carbocycles. The molecule has 136 heavy (non-hydrogen) atoms. The van der Waals surface area contributed by atoms with Gasteiger partial charge in [-0.05, 0) is 250 Å². The van der Waals surface area contributed by atoms with Gasteiger partial charge in [0.15, 0.2) is 0 Å². The third kappa shape index (κ3) is 16.2. The molecule has 2 aliphatic rings. The van der Waals surface area contributed by atoms with Crippen molar-refractivity contribution in [2.45, 2.75) is 52.7 Å². The molecule has 0 unspecified atom stereocenters. The van der Waals surface area contributed by atoms with E-state index in [4.69, 9.17) is 27.0 Å². The topological polar surface area (TPSA) is 157 Å². The quantitative estimate of drug-likeness (QED) is 0.0651. The second-order valence-corrected chi connectivity index (χ2v) is 38.9. The third-order valence-corrected chi connectivity index (χ3v) is 30.0. The summed E-state index contributed by atoms with van der Waals surface area (Å²) in [5.74, 6) is 0. The Kier molecular flexibility index (Phi) is 23.4. The SMILES string of the molecule is Brc1cccc2c1oc1cc3ccccc3cc12.C.CC1(C)OB(c2cccc3c2oc2cc4ccccc4cc23)OC1(C)C.O=[N+]([O-])c1c(-c2cccc3c2oc2cc4ccccc4cc23)ccc2ccccc12.O=[N+]([O-])c1c(Br)ccc2ccccc12.c1ccc(P(c2ccccc2)c2ccccc2)cc1.c1ccc2cc3c(cc2c1)oc1c2c(ccc13)Cc1c-2ccc2ccccc12. The smallest absolute Gasteiger partial charge is 0.456 e. The van der Waals surface area contributed by atoms with E-state index in [9.17, 15) is 20.2 Å². The Morgan fingerprint density at radius 1 is 0.287 bits per heavy atom. The van der Waals surface area contributed by atoms with E-state index in [1.54, 1.807) is 24.3 Å². The first kappa shape index (κ1) is 87.5. The number of nitro benzene ring substituents is 2. The normalized spacial score (nSPS) is 12.9. The van der Waals surface area contributed by atoms with Crippen molar-refractivity contribution in [3.63, 3.8) is 0 Å². The highest BCUT2D eigenvalue weighted by Crippen LogP contribution is 2.49. The summed E-state index contributed by atoms with van der Waals surface area (Å²) >= 11 is 6.71. The fourth-order valence-electron chi connectivity index (χ4n) is 19.0. The molecule has 0 N–H and O–H groups in total. The molecule has 1 saturated heterocycles. The number of halogens is 2.